The van der Waals surface area contributed by atoms with Crippen LogP contribution in [0.3, 0.4) is 0 Å². The van der Waals surface area contributed by atoms with Crippen LogP contribution in [0.1, 0.15) is 27.2 Å². The molecule has 4 aromatic rings. The molecule has 0 atom stereocenters. The SMILES string of the molecule is COc1ccc2c(c1)c(CC(=O)NCCc1ccc(N)c(N)c1)c(C)n2C(=O)c1ccc(Cl)cc1. The second-order valence-electron chi connectivity index (χ2n) is 8.33. The minimum absolute atomic E-state index is 0.125. The number of rotatable bonds is 7. The van der Waals surface area contributed by atoms with E-state index in [4.69, 9.17) is 27.8 Å². The molecule has 5 N–H and O–H groups in total. The van der Waals surface area contributed by atoms with E-state index < -0.39 is 0 Å². The largest absolute Gasteiger partial charge is 0.497 e. The van der Waals surface area contributed by atoms with Gasteiger partial charge in [-0.1, -0.05) is 17.7 Å². The third-order valence-corrected chi connectivity index (χ3v) is 6.31. The number of aromatic nitrogens is 1. The molecule has 7 nitrogen and oxygen atoms in total. The standard InChI is InChI=1S/C27H27ClN4O3/c1-16-21(15-26(33)31-12-11-17-3-9-23(29)24(30)13-17)22-14-20(35-2)8-10-25(22)32(16)27(34)18-4-6-19(28)7-5-18/h3-10,13-14H,11-12,15,29-30H2,1-2H3,(H,31,33). The lowest BCUT2D eigenvalue weighted by molar-refractivity contribution is -0.120. The van der Waals surface area contributed by atoms with Gasteiger partial charge < -0.3 is 21.5 Å². The van der Waals surface area contributed by atoms with Gasteiger partial charge in [-0.15, -0.1) is 0 Å². The van der Waals surface area contributed by atoms with E-state index in [0.29, 0.717) is 51.9 Å². The van der Waals surface area contributed by atoms with Crippen LogP contribution in [-0.4, -0.2) is 30.0 Å². The first-order valence-corrected chi connectivity index (χ1v) is 11.5. The molecule has 0 fully saturated rings. The van der Waals surface area contributed by atoms with E-state index in [1.807, 2.05) is 31.2 Å². The second-order valence-corrected chi connectivity index (χ2v) is 8.77. The molecule has 4 rings (SSSR count). The summed E-state index contributed by atoms with van der Waals surface area (Å²) in [7, 11) is 1.58. The molecule has 0 aliphatic heterocycles. The number of hydrogen-bond acceptors (Lipinski definition) is 5. The van der Waals surface area contributed by atoms with E-state index in [2.05, 4.69) is 5.32 Å². The predicted molar refractivity (Wildman–Crippen MR) is 140 cm³/mol. The Bertz CT molecular complexity index is 1410. The van der Waals surface area contributed by atoms with Crippen LogP contribution in [0.25, 0.3) is 10.9 Å². The van der Waals surface area contributed by atoms with Gasteiger partial charge in [-0.2, -0.15) is 0 Å². The van der Waals surface area contributed by atoms with Crippen molar-refractivity contribution in [3.63, 3.8) is 0 Å². The number of benzene rings is 3. The zero-order valence-electron chi connectivity index (χ0n) is 19.6. The van der Waals surface area contributed by atoms with Crippen molar-refractivity contribution in [3.05, 3.63) is 88.1 Å². The van der Waals surface area contributed by atoms with Gasteiger partial charge in [0.25, 0.3) is 5.91 Å². The van der Waals surface area contributed by atoms with Crippen molar-refractivity contribution in [3.8, 4) is 5.75 Å². The number of nitrogen functional groups attached to an aromatic ring is 2. The average molecular weight is 491 g/mol. The van der Waals surface area contributed by atoms with Gasteiger partial charge in [0.05, 0.1) is 30.4 Å². The molecule has 0 saturated carbocycles. The number of fused-ring (bicyclic) bond motifs is 1. The maximum Gasteiger partial charge on any atom is 0.262 e. The van der Waals surface area contributed by atoms with Crippen LogP contribution in [-0.2, 0) is 17.6 Å². The number of nitrogens with one attached hydrogen (secondary N) is 1. The third-order valence-electron chi connectivity index (χ3n) is 6.06. The first-order valence-electron chi connectivity index (χ1n) is 11.2. The molecule has 1 heterocycles. The zero-order valence-corrected chi connectivity index (χ0v) is 20.4. The summed E-state index contributed by atoms with van der Waals surface area (Å²) in [6.45, 7) is 2.30. The lowest BCUT2D eigenvalue weighted by Gasteiger charge is -2.09. The van der Waals surface area contributed by atoms with Gasteiger partial charge >= 0.3 is 0 Å². The topological polar surface area (TPSA) is 112 Å². The number of nitrogens with zero attached hydrogens (tertiary/aromatic N) is 1. The molecule has 3 aromatic carbocycles. The highest BCUT2D eigenvalue weighted by Gasteiger charge is 2.22. The number of methoxy groups -OCH3 is 1. The number of halogens is 1. The van der Waals surface area contributed by atoms with Gasteiger partial charge in [0.1, 0.15) is 5.75 Å². The summed E-state index contributed by atoms with van der Waals surface area (Å²) < 4.78 is 7.03. The molecule has 1 amide bonds. The summed E-state index contributed by atoms with van der Waals surface area (Å²) in [5, 5.41) is 4.31. The monoisotopic (exact) mass is 490 g/mol. The highest BCUT2D eigenvalue weighted by Crippen LogP contribution is 2.31. The summed E-state index contributed by atoms with van der Waals surface area (Å²) in [5.41, 5.74) is 16.4. The third kappa shape index (κ3) is 5.10. The normalized spacial score (nSPS) is 10.9. The highest BCUT2D eigenvalue weighted by molar-refractivity contribution is 6.30. The quantitative estimate of drug-likeness (QED) is 0.333. The Hall–Kier alpha value is -3.97. The molecule has 0 radical (unpaired) electrons. The molecule has 35 heavy (non-hydrogen) atoms. The van der Waals surface area contributed by atoms with Gasteiger partial charge in [-0.05, 0) is 79.1 Å². The van der Waals surface area contributed by atoms with Crippen molar-refractivity contribution in [2.75, 3.05) is 25.1 Å². The van der Waals surface area contributed by atoms with Crippen LogP contribution in [0.2, 0.25) is 5.02 Å². The Morgan fingerprint density at radius 2 is 1.74 bits per heavy atom. The fraction of sp³-hybridized carbons (Fsp3) is 0.185. The van der Waals surface area contributed by atoms with Crippen LogP contribution in [0.5, 0.6) is 5.75 Å². The summed E-state index contributed by atoms with van der Waals surface area (Å²) in [6, 6.07) is 17.7. The van der Waals surface area contributed by atoms with E-state index in [9.17, 15) is 9.59 Å². The molecular formula is C27H27ClN4O3. The number of anilines is 2. The van der Waals surface area contributed by atoms with Gasteiger partial charge in [0.2, 0.25) is 5.91 Å². The molecule has 1 aromatic heterocycles. The van der Waals surface area contributed by atoms with Crippen LogP contribution < -0.4 is 21.5 Å². The molecule has 0 spiro atoms. The van der Waals surface area contributed by atoms with Gasteiger partial charge in [-0.25, -0.2) is 0 Å². The number of carbonyl (C=O) groups excluding carboxylic acids is 2. The molecule has 0 aliphatic rings. The molecular weight excluding hydrogens is 464 g/mol. The van der Waals surface area contributed by atoms with Crippen LogP contribution in [0.4, 0.5) is 11.4 Å². The molecule has 0 saturated heterocycles. The minimum Gasteiger partial charge on any atom is -0.497 e. The van der Waals surface area contributed by atoms with Crippen molar-refractivity contribution < 1.29 is 14.3 Å². The predicted octanol–water partition coefficient (Wildman–Crippen LogP) is 4.37. The van der Waals surface area contributed by atoms with Crippen LogP contribution in [0, 0.1) is 6.92 Å². The Labute approximate surface area is 208 Å². The zero-order chi connectivity index (χ0) is 25.1. The lowest BCUT2D eigenvalue weighted by atomic mass is 10.1. The Morgan fingerprint density at radius 1 is 1.00 bits per heavy atom. The molecule has 180 valence electrons. The lowest BCUT2D eigenvalue weighted by Crippen LogP contribution is -2.27. The van der Waals surface area contributed by atoms with Crippen molar-refractivity contribution in [1.82, 2.24) is 9.88 Å². The summed E-state index contributed by atoms with van der Waals surface area (Å²) in [5.74, 6) is 0.315. The fourth-order valence-corrected chi connectivity index (χ4v) is 4.27. The summed E-state index contributed by atoms with van der Waals surface area (Å²) >= 11 is 5.99. The smallest absolute Gasteiger partial charge is 0.262 e. The number of ether oxygens (including phenoxy) is 1. The number of hydrogen-bond donors (Lipinski definition) is 3. The number of amides is 1. The van der Waals surface area contributed by atoms with E-state index >= 15 is 0 Å². The van der Waals surface area contributed by atoms with E-state index in [1.54, 1.807) is 48.1 Å². The van der Waals surface area contributed by atoms with Crippen molar-refractivity contribution in [2.45, 2.75) is 19.8 Å². The highest BCUT2D eigenvalue weighted by atomic mass is 35.5. The van der Waals surface area contributed by atoms with Gasteiger partial charge in [0.15, 0.2) is 0 Å². The maximum atomic E-state index is 13.4. The number of carbonyl (C=O) groups is 2. The van der Waals surface area contributed by atoms with Crippen LogP contribution >= 0.6 is 11.6 Å². The number of nitrogens with two attached hydrogens (primary N) is 2. The summed E-state index contributed by atoms with van der Waals surface area (Å²) in [6.07, 6.45) is 0.750. The minimum atomic E-state index is -0.193. The van der Waals surface area contributed by atoms with Crippen molar-refractivity contribution in [2.24, 2.45) is 0 Å². The summed E-state index contributed by atoms with van der Waals surface area (Å²) in [4.78, 5) is 26.3. The maximum absolute atomic E-state index is 13.4. The average Bonchev–Trinajstić information content (AvgIpc) is 3.11. The van der Waals surface area contributed by atoms with Gasteiger partial charge in [0, 0.05) is 28.2 Å². The Kier molecular flexibility index (Phi) is 6.98. The second kappa shape index (κ2) is 10.1. The van der Waals surface area contributed by atoms with E-state index in [1.165, 1.54) is 0 Å². The first-order chi connectivity index (χ1) is 16.8. The fourth-order valence-electron chi connectivity index (χ4n) is 4.14. The van der Waals surface area contributed by atoms with E-state index in [-0.39, 0.29) is 18.2 Å². The van der Waals surface area contributed by atoms with Crippen molar-refractivity contribution >= 4 is 45.7 Å². The molecule has 0 unspecified atom stereocenters. The Balaban J connectivity index is 1.59. The van der Waals surface area contributed by atoms with Gasteiger partial charge in [-0.3, -0.25) is 14.2 Å². The Morgan fingerprint density at radius 3 is 2.43 bits per heavy atom. The molecule has 0 aliphatic carbocycles. The van der Waals surface area contributed by atoms with Crippen LogP contribution in [0.15, 0.2) is 60.7 Å². The van der Waals surface area contributed by atoms with E-state index in [0.717, 1.165) is 16.5 Å². The van der Waals surface area contributed by atoms with Crippen molar-refractivity contribution in [1.29, 1.82) is 0 Å². The first kappa shape index (κ1) is 24.2. The molecule has 8 heteroatoms. The molecule has 0 bridgehead atoms.